The zero-order chi connectivity index (χ0) is 20.8. The summed E-state index contributed by atoms with van der Waals surface area (Å²) in [5.74, 6) is 1.26. The predicted molar refractivity (Wildman–Crippen MR) is 110 cm³/mol. The second-order valence-electron chi connectivity index (χ2n) is 6.22. The molecule has 0 saturated carbocycles. The van der Waals surface area contributed by atoms with E-state index in [1.807, 2.05) is 24.3 Å². The first-order valence-electron chi connectivity index (χ1n) is 8.91. The monoisotopic (exact) mass is 394 g/mol. The van der Waals surface area contributed by atoms with Crippen LogP contribution in [0.25, 0.3) is 0 Å². The molecule has 1 heterocycles. The first kappa shape index (κ1) is 20.0. The smallest absolute Gasteiger partial charge is 0.263 e. The van der Waals surface area contributed by atoms with Gasteiger partial charge in [-0.05, 0) is 42.0 Å². The van der Waals surface area contributed by atoms with Crippen LogP contribution in [0, 0.1) is 0 Å². The molecule has 0 aliphatic heterocycles. The van der Waals surface area contributed by atoms with Crippen LogP contribution in [0.5, 0.6) is 17.2 Å². The van der Waals surface area contributed by atoms with Gasteiger partial charge in [0.15, 0.2) is 0 Å². The molecule has 0 saturated heterocycles. The fourth-order valence-electron chi connectivity index (χ4n) is 2.85. The van der Waals surface area contributed by atoms with Crippen LogP contribution in [0.15, 0.2) is 65.6 Å². The molecule has 2 aromatic carbocycles. The molecule has 0 bridgehead atoms. The molecule has 7 heteroatoms. The normalized spacial score (nSPS) is 10.3. The molecule has 3 aromatic rings. The second kappa shape index (κ2) is 8.97. The minimum absolute atomic E-state index is 0.0406. The number of hydrogen-bond acceptors (Lipinski definition) is 5. The van der Waals surface area contributed by atoms with Crippen LogP contribution in [-0.4, -0.2) is 31.8 Å². The van der Waals surface area contributed by atoms with E-state index in [9.17, 15) is 9.59 Å². The standard InChI is InChI=1S/C22H22N2O5/c1-27-16-8-6-15(7-9-16)14-24-12-4-5-18(22(24)26)21(25)23-19-11-10-17(28-2)13-20(19)29-3/h4-13H,14H2,1-3H3,(H,23,25). The van der Waals surface area contributed by atoms with Crippen LogP contribution in [0.1, 0.15) is 15.9 Å². The van der Waals surface area contributed by atoms with Crippen molar-refractivity contribution in [2.24, 2.45) is 0 Å². The number of amides is 1. The SMILES string of the molecule is COc1ccc(Cn2cccc(C(=O)Nc3ccc(OC)cc3OC)c2=O)cc1. The molecule has 0 atom stereocenters. The van der Waals surface area contributed by atoms with Crippen molar-refractivity contribution in [3.8, 4) is 17.2 Å². The van der Waals surface area contributed by atoms with Gasteiger partial charge in [0.25, 0.3) is 11.5 Å². The Kier molecular flexibility index (Phi) is 6.19. The molecule has 0 fully saturated rings. The van der Waals surface area contributed by atoms with Gasteiger partial charge in [-0.25, -0.2) is 0 Å². The fraction of sp³-hybridized carbons (Fsp3) is 0.182. The van der Waals surface area contributed by atoms with Crippen molar-refractivity contribution >= 4 is 11.6 Å². The first-order valence-corrected chi connectivity index (χ1v) is 8.91. The van der Waals surface area contributed by atoms with Crippen LogP contribution in [-0.2, 0) is 6.54 Å². The van der Waals surface area contributed by atoms with Gasteiger partial charge >= 0.3 is 0 Å². The summed E-state index contributed by atoms with van der Waals surface area (Å²) in [5, 5.41) is 2.73. The average Bonchev–Trinajstić information content (AvgIpc) is 2.75. The molecular weight excluding hydrogens is 372 g/mol. The van der Waals surface area contributed by atoms with Crippen LogP contribution in [0.2, 0.25) is 0 Å². The van der Waals surface area contributed by atoms with Crippen molar-refractivity contribution in [3.05, 3.63) is 82.3 Å². The predicted octanol–water partition coefficient (Wildman–Crippen LogP) is 3.17. The Hall–Kier alpha value is -3.74. The maximum Gasteiger partial charge on any atom is 0.263 e. The van der Waals surface area contributed by atoms with Gasteiger partial charge in [0, 0.05) is 12.3 Å². The van der Waals surface area contributed by atoms with Crippen LogP contribution >= 0.6 is 0 Å². The maximum atomic E-state index is 12.8. The topological polar surface area (TPSA) is 78.8 Å². The lowest BCUT2D eigenvalue weighted by atomic mass is 10.2. The highest BCUT2D eigenvalue weighted by molar-refractivity contribution is 6.04. The van der Waals surface area contributed by atoms with Gasteiger partial charge < -0.3 is 24.1 Å². The van der Waals surface area contributed by atoms with Crippen molar-refractivity contribution in [2.45, 2.75) is 6.54 Å². The Morgan fingerprint density at radius 2 is 1.62 bits per heavy atom. The van der Waals surface area contributed by atoms with Gasteiger partial charge in [0.1, 0.15) is 22.8 Å². The van der Waals surface area contributed by atoms with Crippen molar-refractivity contribution < 1.29 is 19.0 Å². The third-order valence-electron chi connectivity index (χ3n) is 4.43. The number of pyridine rings is 1. The van der Waals surface area contributed by atoms with Crippen LogP contribution in [0.3, 0.4) is 0 Å². The van der Waals surface area contributed by atoms with Gasteiger partial charge in [-0.3, -0.25) is 9.59 Å². The summed E-state index contributed by atoms with van der Waals surface area (Å²) in [4.78, 5) is 25.5. The lowest BCUT2D eigenvalue weighted by molar-refractivity contribution is 0.102. The third kappa shape index (κ3) is 4.57. The number of ether oxygens (including phenoxy) is 3. The van der Waals surface area contributed by atoms with Crippen molar-refractivity contribution in [1.82, 2.24) is 4.57 Å². The zero-order valence-electron chi connectivity index (χ0n) is 16.5. The van der Waals surface area contributed by atoms with Crippen molar-refractivity contribution in [2.75, 3.05) is 26.6 Å². The lowest BCUT2D eigenvalue weighted by Crippen LogP contribution is -2.29. The van der Waals surface area contributed by atoms with Gasteiger partial charge in [0.05, 0.1) is 33.6 Å². The summed E-state index contributed by atoms with van der Waals surface area (Å²) in [6.07, 6.45) is 1.65. The quantitative estimate of drug-likeness (QED) is 0.666. The minimum Gasteiger partial charge on any atom is -0.497 e. The van der Waals surface area contributed by atoms with E-state index >= 15 is 0 Å². The summed E-state index contributed by atoms with van der Waals surface area (Å²) in [7, 11) is 4.64. The molecule has 29 heavy (non-hydrogen) atoms. The lowest BCUT2D eigenvalue weighted by Gasteiger charge is -2.12. The van der Waals surface area contributed by atoms with E-state index in [2.05, 4.69) is 5.32 Å². The van der Waals surface area contributed by atoms with Crippen molar-refractivity contribution in [1.29, 1.82) is 0 Å². The molecule has 7 nitrogen and oxygen atoms in total. The molecule has 0 unspecified atom stereocenters. The van der Waals surface area contributed by atoms with Gasteiger partial charge in [-0.1, -0.05) is 12.1 Å². The van der Waals surface area contributed by atoms with E-state index in [1.165, 1.54) is 17.7 Å². The Labute approximate surface area is 168 Å². The maximum absolute atomic E-state index is 12.8. The Balaban J connectivity index is 1.83. The Morgan fingerprint density at radius 3 is 2.28 bits per heavy atom. The number of carbonyl (C=O) groups is 1. The van der Waals surface area contributed by atoms with E-state index in [-0.39, 0.29) is 11.1 Å². The molecule has 0 aliphatic rings. The average molecular weight is 394 g/mol. The molecule has 1 N–H and O–H groups in total. The van der Waals surface area contributed by atoms with Crippen LogP contribution in [0.4, 0.5) is 5.69 Å². The summed E-state index contributed by atoms with van der Waals surface area (Å²) in [6, 6.07) is 15.6. The summed E-state index contributed by atoms with van der Waals surface area (Å²) >= 11 is 0. The Bertz CT molecular complexity index is 1060. The number of hydrogen-bond donors (Lipinski definition) is 1. The van der Waals surface area contributed by atoms with Gasteiger partial charge in [-0.2, -0.15) is 0 Å². The minimum atomic E-state index is -0.512. The largest absolute Gasteiger partial charge is 0.497 e. The number of anilines is 1. The van der Waals surface area contributed by atoms with E-state index in [1.54, 1.807) is 44.7 Å². The van der Waals surface area contributed by atoms with E-state index in [0.717, 1.165) is 11.3 Å². The number of methoxy groups -OCH3 is 3. The van der Waals surface area contributed by atoms with Gasteiger partial charge in [-0.15, -0.1) is 0 Å². The molecule has 150 valence electrons. The molecule has 0 spiro atoms. The van der Waals surface area contributed by atoms with E-state index in [4.69, 9.17) is 14.2 Å². The summed E-state index contributed by atoms with van der Waals surface area (Å²) in [5.41, 5.74) is 1.03. The molecule has 1 amide bonds. The molecule has 0 aliphatic carbocycles. The number of aromatic nitrogens is 1. The van der Waals surface area contributed by atoms with Crippen LogP contribution < -0.4 is 25.1 Å². The molecule has 3 rings (SSSR count). The number of rotatable bonds is 7. The molecule has 1 aromatic heterocycles. The highest BCUT2D eigenvalue weighted by Crippen LogP contribution is 2.29. The zero-order valence-corrected chi connectivity index (χ0v) is 16.5. The molecular formula is C22H22N2O5. The summed E-state index contributed by atoms with van der Waals surface area (Å²) < 4.78 is 17.1. The Morgan fingerprint density at radius 1 is 0.931 bits per heavy atom. The van der Waals surface area contributed by atoms with Crippen molar-refractivity contribution in [3.63, 3.8) is 0 Å². The number of nitrogens with zero attached hydrogens (tertiary/aromatic N) is 1. The number of carbonyl (C=O) groups excluding carboxylic acids is 1. The molecule has 0 radical (unpaired) electrons. The second-order valence-corrected chi connectivity index (χ2v) is 6.22. The highest BCUT2D eigenvalue weighted by atomic mass is 16.5. The summed E-state index contributed by atoms with van der Waals surface area (Å²) in [6.45, 7) is 0.343. The number of nitrogens with one attached hydrogen (secondary N) is 1. The number of benzene rings is 2. The van der Waals surface area contributed by atoms with E-state index in [0.29, 0.717) is 23.7 Å². The third-order valence-corrected chi connectivity index (χ3v) is 4.43. The first-order chi connectivity index (χ1) is 14.0. The highest BCUT2D eigenvalue weighted by Gasteiger charge is 2.15. The fourth-order valence-corrected chi connectivity index (χ4v) is 2.85. The van der Waals surface area contributed by atoms with Gasteiger partial charge in [0.2, 0.25) is 0 Å². The van der Waals surface area contributed by atoms with E-state index < -0.39 is 5.91 Å².